The molecule has 0 spiro atoms. The number of nitrogen functional groups attached to an aromatic ring is 1. The molecule has 0 radical (unpaired) electrons. The van der Waals surface area contributed by atoms with Crippen molar-refractivity contribution in [1.82, 2.24) is 14.9 Å². The summed E-state index contributed by atoms with van der Waals surface area (Å²) in [7, 11) is 1.47. The topological polar surface area (TPSA) is 93.4 Å². The van der Waals surface area contributed by atoms with E-state index in [1.807, 2.05) is 0 Å². The molecule has 1 aliphatic heterocycles. The lowest BCUT2D eigenvalue weighted by atomic mass is 10.2. The fraction of sp³-hybridized carbons (Fsp3) is 0.312. The highest BCUT2D eigenvalue weighted by atomic mass is 35.5. The first kappa shape index (κ1) is 17.2. The van der Waals surface area contributed by atoms with E-state index in [0.29, 0.717) is 24.1 Å². The lowest BCUT2D eigenvalue weighted by Gasteiger charge is -2.17. The maximum absolute atomic E-state index is 13.5. The van der Waals surface area contributed by atoms with Gasteiger partial charge in [0.25, 0.3) is 5.91 Å². The first-order valence-corrected chi connectivity index (χ1v) is 8.03. The summed E-state index contributed by atoms with van der Waals surface area (Å²) < 4.78 is 18.6. The number of ether oxygens (including phenoxy) is 1. The molecule has 0 bridgehead atoms. The van der Waals surface area contributed by atoms with E-state index in [1.54, 1.807) is 4.90 Å². The molecule has 1 atom stereocenters. The lowest BCUT2D eigenvalue weighted by Crippen LogP contribution is -2.32. The smallest absolute Gasteiger partial charge is 0.254 e. The number of nitrogens with one attached hydrogen (secondary N) is 1. The van der Waals surface area contributed by atoms with Crippen LogP contribution < -0.4 is 15.8 Å². The van der Waals surface area contributed by atoms with Crippen molar-refractivity contribution in [2.75, 3.05) is 31.2 Å². The second kappa shape index (κ2) is 7.10. The molecule has 1 aromatic heterocycles. The number of hydrogen-bond acceptors (Lipinski definition) is 6. The van der Waals surface area contributed by atoms with Crippen molar-refractivity contribution in [1.29, 1.82) is 0 Å². The molecule has 0 aliphatic carbocycles. The van der Waals surface area contributed by atoms with Crippen LogP contribution in [0.1, 0.15) is 16.8 Å². The monoisotopic (exact) mass is 365 g/mol. The number of amides is 1. The summed E-state index contributed by atoms with van der Waals surface area (Å²) in [5.74, 6) is -0.180. The fourth-order valence-electron chi connectivity index (χ4n) is 2.65. The molecule has 2 aromatic rings. The van der Waals surface area contributed by atoms with Gasteiger partial charge in [0, 0.05) is 24.7 Å². The number of nitrogens with two attached hydrogens (primary N) is 1. The summed E-state index contributed by atoms with van der Waals surface area (Å²) >= 11 is 5.90. The summed E-state index contributed by atoms with van der Waals surface area (Å²) in [5, 5.41) is 3.47. The van der Waals surface area contributed by atoms with Crippen LogP contribution >= 0.6 is 11.6 Å². The zero-order valence-electron chi connectivity index (χ0n) is 13.5. The molecule has 3 N–H and O–H groups in total. The van der Waals surface area contributed by atoms with Gasteiger partial charge in [0.2, 0.25) is 11.8 Å². The number of aromatic nitrogens is 2. The van der Waals surface area contributed by atoms with Gasteiger partial charge in [-0.15, -0.1) is 0 Å². The molecule has 1 fully saturated rings. The number of benzene rings is 1. The Balaban J connectivity index is 1.65. The number of nitrogens with zero attached hydrogens (tertiary/aromatic N) is 3. The molecule has 1 saturated heterocycles. The van der Waals surface area contributed by atoms with Gasteiger partial charge >= 0.3 is 0 Å². The minimum absolute atomic E-state index is 0.0198. The van der Waals surface area contributed by atoms with E-state index in [0.717, 1.165) is 12.5 Å². The van der Waals surface area contributed by atoms with Crippen LogP contribution in [-0.4, -0.2) is 47.0 Å². The third-order valence-corrected chi connectivity index (χ3v) is 4.22. The number of rotatable bonds is 4. The zero-order chi connectivity index (χ0) is 18.0. The zero-order valence-corrected chi connectivity index (χ0v) is 14.3. The number of likely N-dealkylation sites (tertiary alicyclic amines) is 1. The van der Waals surface area contributed by atoms with Gasteiger partial charge < -0.3 is 20.7 Å². The van der Waals surface area contributed by atoms with E-state index < -0.39 is 5.82 Å². The highest BCUT2D eigenvalue weighted by Crippen LogP contribution is 2.23. The van der Waals surface area contributed by atoms with Gasteiger partial charge in [0.1, 0.15) is 10.8 Å². The Labute approximate surface area is 149 Å². The van der Waals surface area contributed by atoms with Crippen molar-refractivity contribution < 1.29 is 13.9 Å². The molecule has 1 amide bonds. The second-order valence-electron chi connectivity index (χ2n) is 5.67. The standard InChI is InChI=1S/C16H17ClFN5O2/c1-25-14-11(17)7-20-16(22-14)21-10-4-5-23(8-10)15(24)9-2-3-13(19)12(18)6-9/h2-3,6-7,10H,4-5,8,19H2,1H3,(H,20,21,22)/t10-/m0/s1. The summed E-state index contributed by atoms with van der Waals surface area (Å²) in [6.07, 6.45) is 2.17. The van der Waals surface area contributed by atoms with E-state index in [9.17, 15) is 9.18 Å². The number of halogens is 2. The summed E-state index contributed by atoms with van der Waals surface area (Å²) in [4.78, 5) is 22.4. The molecule has 1 aromatic carbocycles. The van der Waals surface area contributed by atoms with E-state index >= 15 is 0 Å². The van der Waals surface area contributed by atoms with Crippen LogP contribution in [0.5, 0.6) is 5.88 Å². The third-order valence-electron chi connectivity index (χ3n) is 3.96. The Morgan fingerprint density at radius 3 is 3.04 bits per heavy atom. The summed E-state index contributed by atoms with van der Waals surface area (Å²) in [6.45, 7) is 1.01. The summed E-state index contributed by atoms with van der Waals surface area (Å²) in [5.41, 5.74) is 5.74. The quantitative estimate of drug-likeness (QED) is 0.807. The van der Waals surface area contributed by atoms with Crippen molar-refractivity contribution in [2.45, 2.75) is 12.5 Å². The molecule has 1 aliphatic rings. The number of hydrogen-bond donors (Lipinski definition) is 2. The number of carbonyl (C=O) groups is 1. The van der Waals surface area contributed by atoms with Crippen LogP contribution in [0.15, 0.2) is 24.4 Å². The molecule has 9 heteroatoms. The van der Waals surface area contributed by atoms with Gasteiger partial charge in [-0.1, -0.05) is 11.6 Å². The fourth-order valence-corrected chi connectivity index (χ4v) is 2.82. The number of carbonyl (C=O) groups excluding carboxylic acids is 1. The maximum Gasteiger partial charge on any atom is 0.254 e. The minimum atomic E-state index is -0.596. The van der Waals surface area contributed by atoms with Crippen LogP contribution in [0.25, 0.3) is 0 Å². The van der Waals surface area contributed by atoms with Crippen LogP contribution in [0.4, 0.5) is 16.0 Å². The molecule has 0 saturated carbocycles. The van der Waals surface area contributed by atoms with Crippen LogP contribution in [-0.2, 0) is 0 Å². The van der Waals surface area contributed by atoms with Crippen molar-refractivity contribution in [3.05, 3.63) is 40.8 Å². The Morgan fingerprint density at radius 1 is 1.52 bits per heavy atom. The molecule has 2 heterocycles. The van der Waals surface area contributed by atoms with Gasteiger partial charge in [0.05, 0.1) is 19.0 Å². The van der Waals surface area contributed by atoms with Crippen LogP contribution in [0, 0.1) is 5.82 Å². The minimum Gasteiger partial charge on any atom is -0.480 e. The number of anilines is 2. The second-order valence-corrected chi connectivity index (χ2v) is 6.08. The first-order valence-electron chi connectivity index (χ1n) is 7.65. The molecule has 7 nitrogen and oxygen atoms in total. The predicted octanol–water partition coefficient (Wildman–Crippen LogP) is 2.19. The first-order chi connectivity index (χ1) is 12.0. The SMILES string of the molecule is COc1nc(N[C@H]2CCN(C(=O)c3ccc(N)c(F)c3)C2)ncc1Cl. The molecular weight excluding hydrogens is 349 g/mol. The average molecular weight is 366 g/mol. The predicted molar refractivity (Wildman–Crippen MR) is 92.3 cm³/mol. The van der Waals surface area contributed by atoms with Gasteiger partial charge in [-0.25, -0.2) is 9.37 Å². The highest BCUT2D eigenvalue weighted by Gasteiger charge is 2.28. The van der Waals surface area contributed by atoms with E-state index in [4.69, 9.17) is 22.1 Å². The van der Waals surface area contributed by atoms with E-state index in [-0.39, 0.29) is 29.1 Å². The Kier molecular flexibility index (Phi) is 4.89. The van der Waals surface area contributed by atoms with Gasteiger partial charge in [-0.05, 0) is 24.6 Å². The molecule has 132 valence electrons. The Morgan fingerprint density at radius 2 is 2.32 bits per heavy atom. The molecule has 0 unspecified atom stereocenters. The van der Waals surface area contributed by atoms with Crippen molar-refractivity contribution >= 4 is 29.1 Å². The number of methoxy groups -OCH3 is 1. The van der Waals surface area contributed by atoms with Gasteiger partial charge in [0.15, 0.2) is 0 Å². The molecular formula is C16H17ClFN5O2. The third kappa shape index (κ3) is 3.74. The molecule has 25 heavy (non-hydrogen) atoms. The Hall–Kier alpha value is -2.61. The van der Waals surface area contributed by atoms with E-state index in [2.05, 4.69) is 15.3 Å². The van der Waals surface area contributed by atoms with Crippen molar-refractivity contribution in [3.8, 4) is 5.88 Å². The molecule has 3 rings (SSSR count). The maximum atomic E-state index is 13.5. The van der Waals surface area contributed by atoms with Crippen molar-refractivity contribution in [2.24, 2.45) is 0 Å². The Bertz CT molecular complexity index is 804. The normalized spacial score (nSPS) is 16.8. The lowest BCUT2D eigenvalue weighted by molar-refractivity contribution is 0.0791. The highest BCUT2D eigenvalue weighted by molar-refractivity contribution is 6.31. The largest absolute Gasteiger partial charge is 0.480 e. The summed E-state index contributed by atoms with van der Waals surface area (Å²) in [6, 6.07) is 4.05. The van der Waals surface area contributed by atoms with Gasteiger partial charge in [-0.3, -0.25) is 4.79 Å². The van der Waals surface area contributed by atoms with Crippen LogP contribution in [0.2, 0.25) is 5.02 Å². The average Bonchev–Trinajstić information content (AvgIpc) is 3.07. The van der Waals surface area contributed by atoms with Gasteiger partial charge in [-0.2, -0.15) is 4.98 Å². The van der Waals surface area contributed by atoms with Crippen molar-refractivity contribution in [3.63, 3.8) is 0 Å². The van der Waals surface area contributed by atoms with E-state index in [1.165, 1.54) is 25.4 Å². The van der Waals surface area contributed by atoms with Crippen LogP contribution in [0.3, 0.4) is 0 Å².